The van der Waals surface area contributed by atoms with Gasteiger partial charge in [-0.25, -0.2) is 4.68 Å². The van der Waals surface area contributed by atoms with E-state index in [1.165, 1.54) is 0 Å². The van der Waals surface area contributed by atoms with Crippen molar-refractivity contribution in [2.75, 3.05) is 20.6 Å². The fourth-order valence-corrected chi connectivity index (χ4v) is 2.54. The van der Waals surface area contributed by atoms with Gasteiger partial charge in [0.05, 0.1) is 11.4 Å². The maximum absolute atomic E-state index is 4.61. The first-order valence-electron chi connectivity index (χ1n) is 7.55. The Morgan fingerprint density at radius 2 is 1.86 bits per heavy atom. The van der Waals surface area contributed by atoms with Crippen LogP contribution in [0.25, 0.3) is 5.69 Å². The largest absolute Gasteiger partial charge is 0.310 e. The Hall–Kier alpha value is -1.65. The first kappa shape index (κ1) is 15.7. The lowest BCUT2D eigenvalue weighted by Crippen LogP contribution is -2.41. The Labute approximate surface area is 127 Å². The lowest BCUT2D eigenvalue weighted by molar-refractivity contribution is 0.224. The monoisotopic (exact) mass is 286 g/mol. The summed E-state index contributed by atoms with van der Waals surface area (Å²) < 4.78 is 1.92. The number of likely N-dealkylation sites (N-methyl/N-ethyl adjacent to an activating group) is 1. The number of hydrogen-bond acceptors (Lipinski definition) is 3. The van der Waals surface area contributed by atoms with E-state index in [1.807, 2.05) is 29.1 Å². The molecule has 1 aromatic heterocycles. The molecule has 0 saturated carbocycles. The molecular weight excluding hydrogens is 260 g/mol. The third-order valence-corrected chi connectivity index (χ3v) is 3.76. The molecule has 1 N–H and O–H groups in total. The third-order valence-electron chi connectivity index (χ3n) is 3.76. The molecule has 0 saturated heterocycles. The number of benzene rings is 1. The van der Waals surface area contributed by atoms with Crippen molar-refractivity contribution in [3.8, 4) is 5.69 Å². The summed E-state index contributed by atoms with van der Waals surface area (Å²) in [5.74, 6) is 0.634. The van der Waals surface area contributed by atoms with Crippen LogP contribution >= 0.6 is 0 Å². The van der Waals surface area contributed by atoms with Crippen molar-refractivity contribution < 1.29 is 0 Å². The molecule has 1 aromatic carbocycles. The van der Waals surface area contributed by atoms with Crippen LogP contribution in [0.3, 0.4) is 0 Å². The van der Waals surface area contributed by atoms with E-state index < -0.39 is 0 Å². The minimum Gasteiger partial charge on any atom is -0.310 e. The summed E-state index contributed by atoms with van der Waals surface area (Å²) in [7, 11) is 4.27. The number of para-hydroxylation sites is 1. The molecule has 0 aliphatic heterocycles. The van der Waals surface area contributed by atoms with Crippen LogP contribution in [0, 0.1) is 5.92 Å². The van der Waals surface area contributed by atoms with Crippen LogP contribution in [-0.2, 0) is 6.54 Å². The van der Waals surface area contributed by atoms with Crippen molar-refractivity contribution in [2.24, 2.45) is 5.92 Å². The summed E-state index contributed by atoms with van der Waals surface area (Å²) in [6.45, 7) is 6.30. The number of nitrogens with zero attached hydrogens (tertiary/aromatic N) is 3. The standard InChI is InChI=1S/C17H26N4/c1-14(2)17(20(3)4)13-18-12-15-10-11-21(19-15)16-8-6-5-7-9-16/h5-11,14,17-18H,12-13H2,1-4H3. The van der Waals surface area contributed by atoms with E-state index in [-0.39, 0.29) is 0 Å². The molecule has 21 heavy (non-hydrogen) atoms. The Morgan fingerprint density at radius 3 is 2.48 bits per heavy atom. The summed E-state index contributed by atoms with van der Waals surface area (Å²) in [5, 5.41) is 8.12. The van der Waals surface area contributed by atoms with Crippen LogP contribution < -0.4 is 5.32 Å². The van der Waals surface area contributed by atoms with Gasteiger partial charge < -0.3 is 10.2 Å². The molecular formula is C17H26N4. The van der Waals surface area contributed by atoms with Crippen molar-refractivity contribution in [2.45, 2.75) is 26.4 Å². The van der Waals surface area contributed by atoms with Crippen LogP contribution in [-0.4, -0.2) is 41.4 Å². The lowest BCUT2D eigenvalue weighted by atomic mass is 10.0. The first-order chi connectivity index (χ1) is 10.1. The summed E-state index contributed by atoms with van der Waals surface area (Å²) in [5.41, 5.74) is 2.16. The fraction of sp³-hybridized carbons (Fsp3) is 0.471. The van der Waals surface area contributed by atoms with Crippen LogP contribution in [0.5, 0.6) is 0 Å². The Morgan fingerprint density at radius 1 is 1.14 bits per heavy atom. The molecule has 0 aliphatic carbocycles. The maximum Gasteiger partial charge on any atom is 0.0766 e. The van der Waals surface area contributed by atoms with E-state index in [4.69, 9.17) is 0 Å². The molecule has 1 heterocycles. The van der Waals surface area contributed by atoms with Gasteiger partial charge in [0.15, 0.2) is 0 Å². The molecule has 2 aromatic rings. The van der Waals surface area contributed by atoms with Crippen molar-refractivity contribution >= 4 is 0 Å². The van der Waals surface area contributed by atoms with Crippen molar-refractivity contribution in [1.82, 2.24) is 20.0 Å². The second-order valence-corrected chi connectivity index (χ2v) is 5.99. The van der Waals surface area contributed by atoms with Crippen molar-refractivity contribution in [3.05, 3.63) is 48.3 Å². The van der Waals surface area contributed by atoms with E-state index in [1.54, 1.807) is 0 Å². The van der Waals surface area contributed by atoms with Gasteiger partial charge in [-0.15, -0.1) is 0 Å². The first-order valence-corrected chi connectivity index (χ1v) is 7.55. The fourth-order valence-electron chi connectivity index (χ4n) is 2.54. The highest BCUT2D eigenvalue weighted by molar-refractivity contribution is 5.30. The zero-order valence-electron chi connectivity index (χ0n) is 13.5. The van der Waals surface area contributed by atoms with Gasteiger partial charge in [-0.3, -0.25) is 0 Å². The van der Waals surface area contributed by atoms with Crippen molar-refractivity contribution in [1.29, 1.82) is 0 Å². The highest BCUT2D eigenvalue weighted by atomic mass is 15.3. The predicted molar refractivity (Wildman–Crippen MR) is 87.6 cm³/mol. The van der Waals surface area contributed by atoms with E-state index in [9.17, 15) is 0 Å². The molecule has 1 atom stereocenters. The van der Waals surface area contributed by atoms with Crippen LogP contribution in [0.2, 0.25) is 0 Å². The number of hydrogen-bond donors (Lipinski definition) is 1. The molecule has 0 fully saturated rings. The molecule has 4 heteroatoms. The van der Waals surface area contributed by atoms with Crippen LogP contribution in [0.4, 0.5) is 0 Å². The number of rotatable bonds is 7. The zero-order valence-corrected chi connectivity index (χ0v) is 13.5. The molecule has 0 amide bonds. The van der Waals surface area contributed by atoms with E-state index in [0.29, 0.717) is 12.0 Å². The van der Waals surface area contributed by atoms with E-state index in [0.717, 1.165) is 24.5 Å². The van der Waals surface area contributed by atoms with Gasteiger partial charge in [-0.2, -0.15) is 5.10 Å². The number of aromatic nitrogens is 2. The van der Waals surface area contributed by atoms with Crippen LogP contribution in [0.1, 0.15) is 19.5 Å². The quantitative estimate of drug-likeness (QED) is 0.849. The summed E-state index contributed by atoms with van der Waals surface area (Å²) in [4.78, 5) is 2.28. The third kappa shape index (κ3) is 4.41. The molecule has 1 unspecified atom stereocenters. The molecule has 0 radical (unpaired) electrons. The maximum atomic E-state index is 4.61. The Kier molecular flexibility index (Phi) is 5.53. The minimum absolute atomic E-state index is 0.543. The highest BCUT2D eigenvalue weighted by Crippen LogP contribution is 2.08. The zero-order chi connectivity index (χ0) is 15.2. The molecule has 0 aliphatic rings. The molecule has 2 rings (SSSR count). The second-order valence-electron chi connectivity index (χ2n) is 5.99. The van der Waals surface area contributed by atoms with Gasteiger partial charge in [0, 0.05) is 25.3 Å². The van der Waals surface area contributed by atoms with Gasteiger partial charge in [0.25, 0.3) is 0 Å². The Balaban J connectivity index is 1.89. The van der Waals surface area contributed by atoms with Gasteiger partial charge in [0.1, 0.15) is 0 Å². The minimum atomic E-state index is 0.543. The van der Waals surface area contributed by atoms with Gasteiger partial charge in [-0.05, 0) is 38.2 Å². The average molecular weight is 286 g/mol. The topological polar surface area (TPSA) is 33.1 Å². The normalized spacial score (nSPS) is 13.0. The molecule has 0 bridgehead atoms. The van der Waals surface area contributed by atoms with Gasteiger partial charge in [-0.1, -0.05) is 32.0 Å². The summed E-state index contributed by atoms with van der Waals surface area (Å²) in [6.07, 6.45) is 2.01. The second kappa shape index (κ2) is 7.38. The van der Waals surface area contributed by atoms with Gasteiger partial charge in [0.2, 0.25) is 0 Å². The summed E-state index contributed by atoms with van der Waals surface area (Å²) in [6, 6.07) is 12.8. The molecule has 0 spiro atoms. The molecule has 4 nitrogen and oxygen atoms in total. The van der Waals surface area contributed by atoms with E-state index >= 15 is 0 Å². The Bertz CT molecular complexity index is 523. The van der Waals surface area contributed by atoms with Gasteiger partial charge >= 0.3 is 0 Å². The SMILES string of the molecule is CC(C)C(CNCc1ccn(-c2ccccc2)n1)N(C)C. The molecule has 114 valence electrons. The summed E-state index contributed by atoms with van der Waals surface area (Å²) >= 11 is 0. The van der Waals surface area contributed by atoms with Crippen LogP contribution in [0.15, 0.2) is 42.6 Å². The smallest absolute Gasteiger partial charge is 0.0766 e. The average Bonchev–Trinajstić information content (AvgIpc) is 2.92. The number of nitrogens with one attached hydrogen (secondary N) is 1. The van der Waals surface area contributed by atoms with E-state index in [2.05, 4.69) is 61.5 Å². The van der Waals surface area contributed by atoms with Crippen molar-refractivity contribution in [3.63, 3.8) is 0 Å². The highest BCUT2D eigenvalue weighted by Gasteiger charge is 2.15. The predicted octanol–water partition coefficient (Wildman–Crippen LogP) is 2.55. The lowest BCUT2D eigenvalue weighted by Gasteiger charge is -2.28.